The van der Waals surface area contributed by atoms with Gasteiger partial charge in [-0.1, -0.05) is 0 Å². The average Bonchev–Trinajstić information content (AvgIpc) is 2.73. The van der Waals surface area contributed by atoms with Crippen molar-refractivity contribution in [2.45, 2.75) is 15.8 Å². The summed E-state index contributed by atoms with van der Waals surface area (Å²) in [5, 5.41) is 0.929. The SMILES string of the molecule is ClC1(Cl)CC1CSc1cnccn1. The Bertz CT molecular complexity index is 291. The summed E-state index contributed by atoms with van der Waals surface area (Å²) < 4.78 is -0.477. The molecule has 1 aromatic heterocycles. The van der Waals surface area contributed by atoms with Crippen molar-refractivity contribution in [3.63, 3.8) is 0 Å². The molecule has 0 aromatic carbocycles. The Hall–Kier alpha value is 0.01000. The molecule has 1 aromatic rings. The summed E-state index contributed by atoms with van der Waals surface area (Å²) in [5.41, 5.74) is 0. The smallest absolute Gasteiger partial charge is 0.122 e. The molecule has 0 aliphatic heterocycles. The van der Waals surface area contributed by atoms with Gasteiger partial charge in [0.1, 0.15) is 9.36 Å². The molecule has 1 saturated carbocycles. The molecule has 0 spiro atoms. The van der Waals surface area contributed by atoms with Crippen LogP contribution in [0.25, 0.3) is 0 Å². The molecule has 13 heavy (non-hydrogen) atoms. The standard InChI is InChI=1S/C8H8Cl2N2S/c9-8(10)3-6(8)5-13-7-4-11-1-2-12-7/h1-2,4,6H,3,5H2. The van der Waals surface area contributed by atoms with Crippen LogP contribution in [0.2, 0.25) is 0 Å². The van der Waals surface area contributed by atoms with Gasteiger partial charge in [0.2, 0.25) is 0 Å². The van der Waals surface area contributed by atoms with E-state index in [1.54, 1.807) is 30.4 Å². The highest BCUT2D eigenvalue weighted by atomic mass is 35.5. The highest BCUT2D eigenvalue weighted by molar-refractivity contribution is 7.99. The minimum atomic E-state index is -0.477. The van der Waals surface area contributed by atoms with Gasteiger partial charge >= 0.3 is 0 Å². The van der Waals surface area contributed by atoms with E-state index in [0.717, 1.165) is 17.2 Å². The minimum absolute atomic E-state index is 0.405. The van der Waals surface area contributed by atoms with Crippen LogP contribution in [0.3, 0.4) is 0 Å². The predicted molar refractivity (Wildman–Crippen MR) is 55.3 cm³/mol. The Kier molecular flexibility index (Phi) is 2.67. The lowest BCUT2D eigenvalue weighted by molar-refractivity contribution is 0.969. The Morgan fingerprint density at radius 1 is 1.54 bits per heavy atom. The number of rotatable bonds is 3. The van der Waals surface area contributed by atoms with Gasteiger partial charge in [0, 0.05) is 24.1 Å². The molecule has 1 unspecified atom stereocenters. The van der Waals surface area contributed by atoms with Crippen molar-refractivity contribution < 1.29 is 0 Å². The second-order valence-electron chi connectivity index (χ2n) is 3.02. The third-order valence-electron chi connectivity index (χ3n) is 1.93. The maximum absolute atomic E-state index is 5.89. The Labute approximate surface area is 91.1 Å². The average molecular weight is 235 g/mol. The van der Waals surface area contributed by atoms with Crippen LogP contribution >= 0.6 is 35.0 Å². The zero-order valence-corrected chi connectivity index (χ0v) is 9.11. The number of hydrogen-bond acceptors (Lipinski definition) is 3. The molecule has 1 aliphatic rings. The van der Waals surface area contributed by atoms with Gasteiger partial charge in [-0.05, 0) is 6.42 Å². The molecule has 1 atom stereocenters. The summed E-state index contributed by atoms with van der Waals surface area (Å²) in [5.74, 6) is 1.33. The van der Waals surface area contributed by atoms with Crippen LogP contribution in [0.4, 0.5) is 0 Å². The van der Waals surface area contributed by atoms with E-state index in [2.05, 4.69) is 9.97 Å². The van der Waals surface area contributed by atoms with Gasteiger partial charge in [-0.25, -0.2) is 4.98 Å². The molecule has 5 heteroatoms. The van der Waals surface area contributed by atoms with Crippen molar-refractivity contribution in [2.24, 2.45) is 5.92 Å². The topological polar surface area (TPSA) is 25.8 Å². The van der Waals surface area contributed by atoms with Gasteiger partial charge in [0.05, 0.1) is 6.20 Å². The molecule has 1 heterocycles. The fourth-order valence-corrected chi connectivity index (χ4v) is 2.75. The first-order chi connectivity index (χ1) is 6.18. The van der Waals surface area contributed by atoms with Gasteiger partial charge in [-0.2, -0.15) is 0 Å². The highest BCUT2D eigenvalue weighted by Gasteiger charge is 2.51. The normalized spacial score (nSPS) is 24.3. The van der Waals surface area contributed by atoms with E-state index in [0.29, 0.717) is 5.92 Å². The van der Waals surface area contributed by atoms with Gasteiger partial charge < -0.3 is 0 Å². The first-order valence-electron chi connectivity index (χ1n) is 3.95. The van der Waals surface area contributed by atoms with Crippen molar-refractivity contribution in [1.82, 2.24) is 9.97 Å². The van der Waals surface area contributed by atoms with Crippen molar-refractivity contribution in [2.75, 3.05) is 5.75 Å². The molecule has 0 N–H and O–H groups in total. The van der Waals surface area contributed by atoms with E-state index >= 15 is 0 Å². The van der Waals surface area contributed by atoms with E-state index in [1.807, 2.05) is 0 Å². The second-order valence-corrected chi connectivity index (χ2v) is 5.60. The number of halogens is 2. The van der Waals surface area contributed by atoms with Crippen molar-refractivity contribution in [1.29, 1.82) is 0 Å². The predicted octanol–water partition coefficient (Wildman–Crippen LogP) is 2.76. The molecule has 1 fully saturated rings. The maximum Gasteiger partial charge on any atom is 0.122 e. The number of alkyl halides is 2. The Balaban J connectivity index is 1.82. The van der Waals surface area contributed by atoms with E-state index in [4.69, 9.17) is 23.2 Å². The molecule has 0 saturated heterocycles. The van der Waals surface area contributed by atoms with Crippen molar-refractivity contribution in [3.8, 4) is 0 Å². The van der Waals surface area contributed by atoms with Crippen molar-refractivity contribution in [3.05, 3.63) is 18.6 Å². The summed E-state index contributed by atoms with van der Waals surface area (Å²) in [6.45, 7) is 0. The van der Waals surface area contributed by atoms with Gasteiger partial charge in [-0.15, -0.1) is 35.0 Å². The lowest BCUT2D eigenvalue weighted by atomic mass is 10.5. The fraction of sp³-hybridized carbons (Fsp3) is 0.500. The lowest BCUT2D eigenvalue weighted by Gasteiger charge is -1.99. The fourth-order valence-electron chi connectivity index (χ4n) is 0.996. The van der Waals surface area contributed by atoms with Crippen LogP contribution in [0.1, 0.15) is 6.42 Å². The molecule has 1 aliphatic carbocycles. The monoisotopic (exact) mass is 234 g/mol. The third-order valence-corrected chi connectivity index (χ3v) is 3.93. The quantitative estimate of drug-likeness (QED) is 0.595. The minimum Gasteiger partial charge on any atom is -0.260 e. The maximum atomic E-state index is 5.89. The summed E-state index contributed by atoms with van der Waals surface area (Å²) >= 11 is 13.4. The summed E-state index contributed by atoms with van der Waals surface area (Å²) in [7, 11) is 0. The summed E-state index contributed by atoms with van der Waals surface area (Å²) in [6.07, 6.45) is 5.99. The van der Waals surface area contributed by atoms with E-state index in [1.165, 1.54) is 0 Å². The van der Waals surface area contributed by atoms with Crippen LogP contribution in [0, 0.1) is 5.92 Å². The molecule has 0 bridgehead atoms. The molecular formula is C8H8Cl2N2S. The second kappa shape index (κ2) is 3.64. The van der Waals surface area contributed by atoms with E-state index in [-0.39, 0.29) is 0 Å². The van der Waals surface area contributed by atoms with Gasteiger partial charge in [0.25, 0.3) is 0 Å². The van der Waals surface area contributed by atoms with Crippen LogP contribution in [-0.4, -0.2) is 20.1 Å². The first-order valence-corrected chi connectivity index (χ1v) is 5.69. The molecule has 0 amide bonds. The van der Waals surface area contributed by atoms with Crippen LogP contribution in [-0.2, 0) is 0 Å². The highest BCUT2D eigenvalue weighted by Crippen LogP contribution is 2.54. The first kappa shape index (κ1) is 9.56. The zero-order valence-electron chi connectivity index (χ0n) is 6.78. The Morgan fingerprint density at radius 2 is 2.31 bits per heavy atom. The zero-order chi connectivity index (χ0) is 9.31. The van der Waals surface area contributed by atoms with Gasteiger partial charge in [-0.3, -0.25) is 4.98 Å². The molecule has 2 rings (SSSR count). The summed E-state index contributed by atoms with van der Waals surface area (Å²) in [6, 6.07) is 0. The largest absolute Gasteiger partial charge is 0.260 e. The molecule has 0 radical (unpaired) electrons. The van der Waals surface area contributed by atoms with E-state index < -0.39 is 4.33 Å². The molecular weight excluding hydrogens is 227 g/mol. The third kappa shape index (κ3) is 2.48. The van der Waals surface area contributed by atoms with Crippen LogP contribution < -0.4 is 0 Å². The molecule has 70 valence electrons. The van der Waals surface area contributed by atoms with Crippen LogP contribution in [0.5, 0.6) is 0 Å². The van der Waals surface area contributed by atoms with Gasteiger partial charge in [0.15, 0.2) is 0 Å². The Morgan fingerprint density at radius 3 is 2.85 bits per heavy atom. The number of nitrogens with zero attached hydrogens (tertiary/aromatic N) is 2. The summed E-state index contributed by atoms with van der Waals surface area (Å²) in [4.78, 5) is 8.11. The molecule has 2 nitrogen and oxygen atoms in total. The van der Waals surface area contributed by atoms with E-state index in [9.17, 15) is 0 Å². The number of aromatic nitrogens is 2. The van der Waals surface area contributed by atoms with Crippen LogP contribution in [0.15, 0.2) is 23.6 Å². The number of thioether (sulfide) groups is 1. The van der Waals surface area contributed by atoms with Crippen molar-refractivity contribution >= 4 is 35.0 Å². The number of hydrogen-bond donors (Lipinski definition) is 0. The lowest BCUT2D eigenvalue weighted by Crippen LogP contribution is -1.93.